The van der Waals surface area contributed by atoms with E-state index in [-0.39, 0.29) is 5.78 Å². The van der Waals surface area contributed by atoms with Crippen molar-refractivity contribution in [2.45, 2.75) is 0 Å². The van der Waals surface area contributed by atoms with E-state index >= 15 is 0 Å². The van der Waals surface area contributed by atoms with Crippen LogP contribution in [0.1, 0.15) is 15.9 Å². The van der Waals surface area contributed by atoms with Gasteiger partial charge in [0, 0.05) is 28.2 Å². The molecule has 0 spiro atoms. The fourth-order valence-corrected chi connectivity index (χ4v) is 2.73. The number of pyridine rings is 1. The molecule has 0 N–H and O–H groups in total. The van der Waals surface area contributed by atoms with Crippen molar-refractivity contribution in [2.75, 3.05) is 0 Å². The van der Waals surface area contributed by atoms with Crippen LogP contribution in [0.4, 0.5) is 0 Å². The van der Waals surface area contributed by atoms with Gasteiger partial charge in [0.05, 0.1) is 0 Å². The van der Waals surface area contributed by atoms with Crippen LogP contribution in [0.15, 0.2) is 54.2 Å². The van der Waals surface area contributed by atoms with Gasteiger partial charge in [-0.1, -0.05) is 12.1 Å². The molecule has 0 unspecified atom stereocenters. The number of thiophene rings is 1. The van der Waals surface area contributed by atoms with Crippen LogP contribution in [0, 0.1) is 0 Å². The van der Waals surface area contributed by atoms with Crippen molar-refractivity contribution in [3.8, 4) is 0 Å². The van der Waals surface area contributed by atoms with E-state index in [0.717, 1.165) is 15.6 Å². The minimum atomic E-state index is 0.0335. The van der Waals surface area contributed by atoms with Gasteiger partial charge in [-0.25, -0.2) is 0 Å². The maximum atomic E-state index is 12.3. The van der Waals surface area contributed by atoms with Gasteiger partial charge < -0.3 is 0 Å². The van der Waals surface area contributed by atoms with Gasteiger partial charge >= 0.3 is 0 Å². The van der Waals surface area contributed by atoms with E-state index in [1.54, 1.807) is 35.9 Å². The standard InChI is InChI=1S/C14H9NOS/c16-13(11-4-2-7-15-9-11)12-5-1-3-10-6-8-17-14(10)12/h1-9H. The van der Waals surface area contributed by atoms with Crippen LogP contribution >= 0.6 is 11.3 Å². The maximum Gasteiger partial charge on any atom is 0.196 e. The molecule has 3 aromatic rings. The Morgan fingerprint density at radius 1 is 1.12 bits per heavy atom. The largest absolute Gasteiger partial charge is 0.288 e. The number of ketones is 1. The van der Waals surface area contributed by atoms with Gasteiger partial charge in [-0.05, 0) is 35.0 Å². The Kier molecular flexibility index (Phi) is 2.46. The van der Waals surface area contributed by atoms with Gasteiger partial charge in [-0.3, -0.25) is 9.78 Å². The summed E-state index contributed by atoms with van der Waals surface area (Å²) >= 11 is 1.60. The number of fused-ring (bicyclic) bond motifs is 1. The van der Waals surface area contributed by atoms with E-state index in [2.05, 4.69) is 4.98 Å². The summed E-state index contributed by atoms with van der Waals surface area (Å²) in [6.07, 6.45) is 3.28. The normalized spacial score (nSPS) is 10.6. The van der Waals surface area contributed by atoms with Crippen molar-refractivity contribution in [2.24, 2.45) is 0 Å². The zero-order chi connectivity index (χ0) is 11.7. The summed E-state index contributed by atoms with van der Waals surface area (Å²) in [6.45, 7) is 0. The molecule has 17 heavy (non-hydrogen) atoms. The zero-order valence-corrected chi connectivity index (χ0v) is 9.78. The highest BCUT2D eigenvalue weighted by Gasteiger charge is 2.12. The molecular weight excluding hydrogens is 230 g/mol. The Morgan fingerprint density at radius 3 is 2.88 bits per heavy atom. The molecule has 0 amide bonds. The molecule has 0 saturated heterocycles. The summed E-state index contributed by atoms with van der Waals surface area (Å²) in [5, 5.41) is 3.12. The molecule has 2 nitrogen and oxygen atoms in total. The number of hydrogen-bond donors (Lipinski definition) is 0. The Bertz CT molecular complexity index is 673. The van der Waals surface area contributed by atoms with Gasteiger partial charge in [-0.15, -0.1) is 11.3 Å². The fraction of sp³-hybridized carbons (Fsp3) is 0. The lowest BCUT2D eigenvalue weighted by Crippen LogP contribution is -2.01. The van der Waals surface area contributed by atoms with Gasteiger partial charge in [0.15, 0.2) is 5.78 Å². The summed E-state index contributed by atoms with van der Waals surface area (Å²) in [6, 6.07) is 11.4. The van der Waals surface area contributed by atoms with Crippen molar-refractivity contribution < 1.29 is 4.79 Å². The lowest BCUT2D eigenvalue weighted by atomic mass is 10.0. The summed E-state index contributed by atoms with van der Waals surface area (Å²) in [5.41, 5.74) is 1.39. The number of carbonyl (C=O) groups excluding carboxylic acids is 1. The SMILES string of the molecule is O=C(c1cccnc1)c1cccc2ccsc12. The second kappa shape index (κ2) is 4.11. The topological polar surface area (TPSA) is 30.0 Å². The van der Waals surface area contributed by atoms with Crippen LogP contribution in [0.3, 0.4) is 0 Å². The molecule has 0 radical (unpaired) electrons. The molecule has 3 heteroatoms. The monoisotopic (exact) mass is 239 g/mol. The molecule has 2 heterocycles. The van der Waals surface area contributed by atoms with E-state index in [1.807, 2.05) is 29.6 Å². The molecule has 1 aromatic carbocycles. The number of hydrogen-bond acceptors (Lipinski definition) is 3. The summed E-state index contributed by atoms with van der Waals surface area (Å²) in [5.74, 6) is 0.0335. The van der Waals surface area contributed by atoms with E-state index < -0.39 is 0 Å². The number of carbonyl (C=O) groups is 1. The average molecular weight is 239 g/mol. The first-order valence-corrected chi connectivity index (χ1v) is 6.15. The predicted molar refractivity (Wildman–Crippen MR) is 69.5 cm³/mol. The van der Waals surface area contributed by atoms with Gasteiger partial charge in [0.25, 0.3) is 0 Å². The fourth-order valence-electron chi connectivity index (χ4n) is 1.82. The molecule has 82 valence electrons. The molecule has 0 atom stereocenters. The smallest absolute Gasteiger partial charge is 0.196 e. The minimum Gasteiger partial charge on any atom is -0.288 e. The van der Waals surface area contributed by atoms with E-state index in [9.17, 15) is 4.79 Å². The lowest BCUT2D eigenvalue weighted by molar-refractivity contribution is 0.104. The molecule has 2 aromatic heterocycles. The molecule has 3 rings (SSSR count). The minimum absolute atomic E-state index is 0.0335. The number of benzene rings is 1. The Hall–Kier alpha value is -2.00. The second-order valence-electron chi connectivity index (χ2n) is 3.72. The molecule has 0 aliphatic heterocycles. The van der Waals surface area contributed by atoms with Crippen molar-refractivity contribution >= 4 is 27.2 Å². The first kappa shape index (κ1) is 10.2. The van der Waals surface area contributed by atoms with Crippen molar-refractivity contribution in [3.63, 3.8) is 0 Å². The third kappa shape index (κ3) is 1.74. The van der Waals surface area contributed by atoms with Crippen LogP contribution < -0.4 is 0 Å². The van der Waals surface area contributed by atoms with Gasteiger partial charge in [0.2, 0.25) is 0 Å². The Labute approximate surface area is 103 Å². The van der Waals surface area contributed by atoms with E-state index in [0.29, 0.717) is 5.56 Å². The highest BCUT2D eigenvalue weighted by Crippen LogP contribution is 2.26. The molecule has 0 bridgehead atoms. The maximum absolute atomic E-state index is 12.3. The quantitative estimate of drug-likeness (QED) is 0.640. The molecular formula is C14H9NOS. The van der Waals surface area contributed by atoms with Crippen molar-refractivity contribution in [1.82, 2.24) is 4.98 Å². The zero-order valence-electron chi connectivity index (χ0n) is 8.96. The van der Waals surface area contributed by atoms with Crippen LogP contribution in [0.25, 0.3) is 10.1 Å². The van der Waals surface area contributed by atoms with Gasteiger partial charge in [0.1, 0.15) is 0 Å². The summed E-state index contributed by atoms with van der Waals surface area (Å²) < 4.78 is 1.04. The third-order valence-electron chi connectivity index (χ3n) is 2.65. The molecule has 0 aliphatic carbocycles. The van der Waals surface area contributed by atoms with Crippen LogP contribution in [-0.2, 0) is 0 Å². The highest BCUT2D eigenvalue weighted by molar-refractivity contribution is 7.17. The predicted octanol–water partition coefficient (Wildman–Crippen LogP) is 3.53. The number of aromatic nitrogens is 1. The molecule has 0 fully saturated rings. The average Bonchev–Trinajstić information content (AvgIpc) is 2.87. The van der Waals surface area contributed by atoms with Crippen LogP contribution in [0.5, 0.6) is 0 Å². The highest BCUT2D eigenvalue weighted by atomic mass is 32.1. The Balaban J connectivity index is 2.16. The van der Waals surface area contributed by atoms with E-state index in [4.69, 9.17) is 0 Å². The first-order valence-electron chi connectivity index (χ1n) is 5.27. The molecule has 0 saturated carbocycles. The van der Waals surface area contributed by atoms with Crippen molar-refractivity contribution in [1.29, 1.82) is 0 Å². The van der Waals surface area contributed by atoms with E-state index in [1.165, 1.54) is 0 Å². The lowest BCUT2D eigenvalue weighted by Gasteiger charge is -2.01. The molecule has 0 aliphatic rings. The third-order valence-corrected chi connectivity index (χ3v) is 3.61. The second-order valence-corrected chi connectivity index (χ2v) is 4.63. The summed E-state index contributed by atoms with van der Waals surface area (Å²) in [4.78, 5) is 16.3. The summed E-state index contributed by atoms with van der Waals surface area (Å²) in [7, 11) is 0. The Morgan fingerprint density at radius 2 is 2.06 bits per heavy atom. The number of rotatable bonds is 2. The first-order chi connectivity index (χ1) is 8.36. The van der Waals surface area contributed by atoms with Crippen molar-refractivity contribution in [3.05, 3.63) is 65.3 Å². The van der Waals surface area contributed by atoms with Crippen LogP contribution in [0.2, 0.25) is 0 Å². The van der Waals surface area contributed by atoms with Gasteiger partial charge in [-0.2, -0.15) is 0 Å². The van der Waals surface area contributed by atoms with Crippen LogP contribution in [-0.4, -0.2) is 10.8 Å². The number of nitrogens with zero attached hydrogens (tertiary/aromatic N) is 1.